The van der Waals surface area contributed by atoms with Crippen LogP contribution < -0.4 is 14.8 Å². The predicted molar refractivity (Wildman–Crippen MR) is 125 cm³/mol. The van der Waals surface area contributed by atoms with Gasteiger partial charge in [-0.1, -0.05) is 30.3 Å². The zero-order chi connectivity index (χ0) is 22.6. The van der Waals surface area contributed by atoms with E-state index in [1.165, 1.54) is 6.07 Å². The van der Waals surface area contributed by atoms with Gasteiger partial charge in [0.05, 0.1) is 12.6 Å². The normalized spacial score (nSPS) is 16.8. The van der Waals surface area contributed by atoms with E-state index in [2.05, 4.69) is 25.2 Å². The first-order valence-electron chi connectivity index (χ1n) is 10.4. The number of para-hydroxylation sites is 1. The molecule has 0 atom stereocenters. The lowest BCUT2D eigenvalue weighted by Crippen LogP contribution is -2.32. The number of methoxy groups -OCH3 is 1. The molecule has 0 aliphatic carbocycles. The zero-order valence-electron chi connectivity index (χ0n) is 18.3. The first-order valence-corrected chi connectivity index (χ1v) is 10.4. The topological polar surface area (TPSA) is 30.5 Å². The average molecular weight is 431 g/mol. The predicted octanol–water partition coefficient (Wildman–Crippen LogP) is 7.14. The molecule has 1 N–H and O–H groups in total. The maximum absolute atomic E-state index is 14.8. The summed E-state index contributed by atoms with van der Waals surface area (Å²) in [5.74, 6) is -0.204. The fourth-order valence-electron chi connectivity index (χ4n) is 4.65. The Morgan fingerprint density at radius 1 is 1.00 bits per heavy atom. The summed E-state index contributed by atoms with van der Waals surface area (Å²) >= 11 is 0. The number of fused-ring (bicyclic) bond motifs is 5. The summed E-state index contributed by atoms with van der Waals surface area (Å²) in [6.45, 7) is 6.24. The summed E-state index contributed by atoms with van der Waals surface area (Å²) in [7, 11) is 1.60. The second-order valence-corrected chi connectivity index (χ2v) is 8.70. The highest BCUT2D eigenvalue weighted by Gasteiger charge is 2.32. The molecule has 2 aliphatic heterocycles. The van der Waals surface area contributed by atoms with Crippen molar-refractivity contribution in [2.45, 2.75) is 26.3 Å². The molecule has 162 valence electrons. The quantitative estimate of drug-likeness (QED) is 0.468. The molecule has 0 bridgehead atoms. The molecular weight excluding hydrogens is 408 g/mol. The Balaban J connectivity index is 1.84. The lowest BCUT2D eigenvalue weighted by Gasteiger charge is -2.35. The number of hydrogen-bond acceptors (Lipinski definition) is 3. The van der Waals surface area contributed by atoms with Crippen molar-refractivity contribution >= 4 is 23.1 Å². The van der Waals surface area contributed by atoms with Gasteiger partial charge in [-0.05, 0) is 56.2 Å². The third kappa shape index (κ3) is 3.25. The summed E-state index contributed by atoms with van der Waals surface area (Å²) in [5, 5.41) is 3.54. The van der Waals surface area contributed by atoms with Gasteiger partial charge in [0.1, 0.15) is 17.3 Å². The van der Waals surface area contributed by atoms with Crippen LogP contribution in [0.2, 0.25) is 0 Å². The van der Waals surface area contributed by atoms with Gasteiger partial charge in [0.2, 0.25) is 0 Å². The maximum atomic E-state index is 14.8. The van der Waals surface area contributed by atoms with Crippen LogP contribution in [0.1, 0.15) is 37.5 Å². The number of anilines is 1. The number of benzene rings is 3. The third-order valence-corrected chi connectivity index (χ3v) is 5.82. The first kappa shape index (κ1) is 20.3. The molecule has 2 aliphatic rings. The monoisotopic (exact) mass is 431 g/mol. The zero-order valence-corrected chi connectivity index (χ0v) is 18.3. The van der Waals surface area contributed by atoms with E-state index in [1.54, 1.807) is 7.11 Å². The Labute approximate surface area is 186 Å². The summed E-state index contributed by atoms with van der Waals surface area (Å²) in [6.07, 6.45) is 3.99. The highest BCUT2D eigenvalue weighted by molar-refractivity contribution is 6.00. The van der Waals surface area contributed by atoms with Crippen LogP contribution in [-0.2, 0) is 0 Å². The molecule has 3 aromatic rings. The molecule has 32 heavy (non-hydrogen) atoms. The van der Waals surface area contributed by atoms with Gasteiger partial charge in [-0.3, -0.25) is 0 Å². The second kappa shape index (κ2) is 7.23. The largest absolute Gasteiger partial charge is 0.496 e. The van der Waals surface area contributed by atoms with Crippen LogP contribution in [-0.4, -0.2) is 12.6 Å². The number of rotatable bonds is 2. The van der Waals surface area contributed by atoms with Gasteiger partial charge < -0.3 is 14.8 Å². The van der Waals surface area contributed by atoms with E-state index in [4.69, 9.17) is 9.47 Å². The van der Waals surface area contributed by atoms with Gasteiger partial charge >= 0.3 is 0 Å². The Morgan fingerprint density at radius 3 is 2.56 bits per heavy atom. The molecule has 0 amide bonds. The molecule has 3 nitrogen and oxygen atoms in total. The molecule has 2 heterocycles. The maximum Gasteiger partial charge on any atom is 0.171 e. The molecule has 0 spiro atoms. The lowest BCUT2D eigenvalue weighted by atomic mass is 9.83. The van der Waals surface area contributed by atoms with Crippen molar-refractivity contribution in [1.82, 2.24) is 0 Å². The molecule has 0 unspecified atom stereocenters. The molecule has 0 radical (unpaired) electrons. The van der Waals surface area contributed by atoms with Crippen LogP contribution in [0.4, 0.5) is 14.5 Å². The summed E-state index contributed by atoms with van der Waals surface area (Å²) < 4.78 is 40.5. The summed E-state index contributed by atoms with van der Waals surface area (Å²) in [6, 6.07) is 13.6. The van der Waals surface area contributed by atoms with E-state index in [9.17, 15) is 8.78 Å². The Hall–Kier alpha value is -3.60. The van der Waals surface area contributed by atoms with Gasteiger partial charge in [-0.25, -0.2) is 8.78 Å². The fraction of sp³-hybridized carbons (Fsp3) is 0.185. The van der Waals surface area contributed by atoms with Crippen molar-refractivity contribution in [2.24, 2.45) is 0 Å². The molecule has 3 aromatic carbocycles. The minimum atomic E-state index is -0.735. The molecular formula is C27H23F2NO2. The average Bonchev–Trinajstić information content (AvgIpc) is 2.73. The minimum Gasteiger partial charge on any atom is -0.496 e. The van der Waals surface area contributed by atoms with Crippen molar-refractivity contribution < 1.29 is 18.3 Å². The van der Waals surface area contributed by atoms with Crippen molar-refractivity contribution in [3.8, 4) is 22.6 Å². The highest BCUT2D eigenvalue weighted by atomic mass is 19.1. The minimum absolute atomic E-state index is 0.0192. The molecule has 0 saturated carbocycles. The van der Waals surface area contributed by atoms with Crippen LogP contribution in [0.5, 0.6) is 11.5 Å². The Morgan fingerprint density at radius 2 is 1.78 bits per heavy atom. The molecule has 0 fully saturated rings. The second-order valence-electron chi connectivity index (χ2n) is 8.70. The van der Waals surface area contributed by atoms with Crippen molar-refractivity contribution in [1.29, 1.82) is 0 Å². The standard InChI is InChI=1S/C27H23F2NO2/c1-15-14-27(2,3)30-21-10-9-18-19-12-17(28)13-20(29)26(19)32-23(25(18)24(15)21)11-16-7-5-6-8-22(16)31-4/h5-14,30H,1-4H3/b23-11-. The highest BCUT2D eigenvalue weighted by Crippen LogP contribution is 2.50. The van der Waals surface area contributed by atoms with Gasteiger partial charge in [-0.15, -0.1) is 0 Å². The van der Waals surface area contributed by atoms with Crippen LogP contribution >= 0.6 is 0 Å². The van der Waals surface area contributed by atoms with Gasteiger partial charge in [-0.2, -0.15) is 0 Å². The lowest BCUT2D eigenvalue weighted by molar-refractivity contribution is 0.413. The number of hydrogen-bond donors (Lipinski definition) is 1. The Kier molecular flexibility index (Phi) is 4.59. The molecule has 0 saturated heterocycles. The SMILES string of the molecule is COc1ccccc1/C=C1\Oc2c(F)cc(F)cc2-c2ccc3c(c21)C(C)=CC(C)(C)N3. The van der Waals surface area contributed by atoms with E-state index < -0.39 is 11.6 Å². The third-order valence-electron chi connectivity index (χ3n) is 5.82. The number of allylic oxidation sites excluding steroid dienone is 1. The Bertz CT molecular complexity index is 1320. The number of halogens is 2. The van der Waals surface area contributed by atoms with Gasteiger partial charge in [0.25, 0.3) is 0 Å². The van der Waals surface area contributed by atoms with E-state index in [0.29, 0.717) is 17.1 Å². The summed E-state index contributed by atoms with van der Waals surface area (Å²) in [5.41, 5.74) is 5.46. The van der Waals surface area contributed by atoms with Gasteiger partial charge in [0, 0.05) is 34.0 Å². The van der Waals surface area contributed by atoms with Gasteiger partial charge in [0.15, 0.2) is 11.6 Å². The number of nitrogens with one attached hydrogen (secondary N) is 1. The first-order chi connectivity index (χ1) is 15.3. The van der Waals surface area contributed by atoms with Crippen molar-refractivity contribution in [2.75, 3.05) is 12.4 Å². The van der Waals surface area contributed by atoms with Crippen LogP contribution in [0.15, 0.2) is 54.6 Å². The van der Waals surface area contributed by atoms with Crippen LogP contribution in [0.3, 0.4) is 0 Å². The van der Waals surface area contributed by atoms with E-state index in [-0.39, 0.29) is 11.3 Å². The van der Waals surface area contributed by atoms with Crippen LogP contribution in [0.25, 0.3) is 28.5 Å². The smallest absolute Gasteiger partial charge is 0.171 e. The van der Waals surface area contributed by atoms with E-state index in [0.717, 1.165) is 39.6 Å². The number of ether oxygens (including phenoxy) is 2. The van der Waals surface area contributed by atoms with E-state index >= 15 is 0 Å². The van der Waals surface area contributed by atoms with Crippen molar-refractivity contribution in [3.05, 3.63) is 82.9 Å². The van der Waals surface area contributed by atoms with Crippen molar-refractivity contribution in [3.63, 3.8) is 0 Å². The van der Waals surface area contributed by atoms with E-state index in [1.807, 2.05) is 49.4 Å². The summed E-state index contributed by atoms with van der Waals surface area (Å²) in [4.78, 5) is 0. The molecule has 5 rings (SSSR count). The fourth-order valence-corrected chi connectivity index (χ4v) is 4.65. The molecule has 0 aromatic heterocycles. The molecule has 5 heteroatoms. The van der Waals surface area contributed by atoms with Crippen LogP contribution in [0, 0.1) is 11.6 Å².